The Balaban J connectivity index is 1.71. The first kappa shape index (κ1) is 15.1. The zero-order valence-electron chi connectivity index (χ0n) is 12.7. The fourth-order valence-corrected chi connectivity index (χ4v) is 3.55. The molecule has 0 bridgehead atoms. The molecule has 0 saturated carbocycles. The van der Waals surface area contributed by atoms with Crippen molar-refractivity contribution in [1.82, 2.24) is 19.7 Å². The number of H-pyrrole nitrogens is 1. The Bertz CT molecular complexity index is 997. The summed E-state index contributed by atoms with van der Waals surface area (Å²) in [7, 11) is 1.66. The highest BCUT2D eigenvalue weighted by molar-refractivity contribution is 7.99. The van der Waals surface area contributed by atoms with Gasteiger partial charge in [-0.15, -0.1) is 0 Å². The second kappa shape index (κ2) is 6.22. The van der Waals surface area contributed by atoms with Crippen LogP contribution in [0.4, 0.5) is 0 Å². The highest BCUT2D eigenvalue weighted by atomic mass is 35.5. The van der Waals surface area contributed by atoms with E-state index in [1.54, 1.807) is 29.8 Å². The quantitative estimate of drug-likeness (QED) is 0.582. The predicted molar refractivity (Wildman–Crippen MR) is 95.3 cm³/mol. The number of fused-ring (bicyclic) bond motifs is 1. The van der Waals surface area contributed by atoms with Gasteiger partial charge in [0.05, 0.1) is 23.2 Å². The molecule has 2 aromatic carbocycles. The average molecular weight is 357 g/mol. The van der Waals surface area contributed by atoms with E-state index in [0.29, 0.717) is 11.0 Å². The van der Waals surface area contributed by atoms with Crippen LogP contribution in [0.5, 0.6) is 5.75 Å². The molecule has 0 spiro atoms. The van der Waals surface area contributed by atoms with Gasteiger partial charge in [-0.25, -0.2) is 9.67 Å². The summed E-state index contributed by atoms with van der Waals surface area (Å²) < 4.78 is 6.95. The molecule has 0 aliphatic heterocycles. The van der Waals surface area contributed by atoms with E-state index >= 15 is 0 Å². The highest BCUT2D eigenvalue weighted by Gasteiger charge is 2.10. The van der Waals surface area contributed by atoms with Crippen LogP contribution in [-0.2, 0) is 0 Å². The highest BCUT2D eigenvalue weighted by Crippen LogP contribution is 2.36. The first-order chi connectivity index (χ1) is 11.7. The summed E-state index contributed by atoms with van der Waals surface area (Å²) >= 11 is 8.02. The number of aromatic amines is 1. The van der Waals surface area contributed by atoms with Gasteiger partial charge in [0.25, 0.3) is 0 Å². The summed E-state index contributed by atoms with van der Waals surface area (Å²) in [6.45, 7) is 0. The Morgan fingerprint density at radius 3 is 2.92 bits per heavy atom. The maximum absolute atomic E-state index is 6.44. The number of aromatic nitrogens is 4. The van der Waals surface area contributed by atoms with E-state index in [1.165, 1.54) is 0 Å². The molecule has 0 aliphatic carbocycles. The lowest BCUT2D eigenvalue weighted by atomic mass is 10.3. The number of nitrogens with one attached hydrogen (secondary N) is 1. The summed E-state index contributed by atoms with van der Waals surface area (Å²) in [5, 5.41) is 4.86. The van der Waals surface area contributed by atoms with E-state index in [0.717, 1.165) is 26.6 Å². The van der Waals surface area contributed by atoms with Gasteiger partial charge in [0.15, 0.2) is 0 Å². The molecule has 24 heavy (non-hydrogen) atoms. The molecule has 0 amide bonds. The topological polar surface area (TPSA) is 55.7 Å². The van der Waals surface area contributed by atoms with Gasteiger partial charge in [-0.2, -0.15) is 5.10 Å². The van der Waals surface area contributed by atoms with Crippen molar-refractivity contribution in [2.24, 2.45) is 0 Å². The number of ether oxygens (including phenoxy) is 1. The molecule has 0 saturated heterocycles. The number of hydrogen-bond donors (Lipinski definition) is 1. The standard InChI is InChI=1S/C17H13ClN4OS/c1-23-11-4-2-5-12(8-11)24-16-10-15-14(9-13(16)18)20-17(21-15)22-7-3-6-19-22/h2-10H,1H3,(H,20,21). The molecule has 4 rings (SSSR count). The normalized spacial score (nSPS) is 11.1. The number of rotatable bonds is 4. The third-order valence-corrected chi connectivity index (χ3v) is 4.99. The van der Waals surface area contributed by atoms with Crippen LogP contribution >= 0.6 is 23.4 Å². The van der Waals surface area contributed by atoms with Crippen LogP contribution in [0.25, 0.3) is 17.0 Å². The molecule has 0 unspecified atom stereocenters. The van der Waals surface area contributed by atoms with Crippen molar-refractivity contribution in [2.75, 3.05) is 7.11 Å². The van der Waals surface area contributed by atoms with Crippen molar-refractivity contribution in [3.8, 4) is 11.7 Å². The second-order valence-corrected chi connectivity index (χ2v) is 6.61. The number of imidazole rings is 1. The molecule has 0 fully saturated rings. The molecular formula is C17H13ClN4OS. The smallest absolute Gasteiger partial charge is 0.229 e. The zero-order chi connectivity index (χ0) is 16.5. The predicted octanol–water partition coefficient (Wildman–Crippen LogP) is 4.56. The van der Waals surface area contributed by atoms with Gasteiger partial charge in [0, 0.05) is 22.2 Å². The molecule has 120 valence electrons. The van der Waals surface area contributed by atoms with E-state index in [-0.39, 0.29) is 0 Å². The molecule has 2 heterocycles. The van der Waals surface area contributed by atoms with E-state index in [2.05, 4.69) is 15.1 Å². The van der Waals surface area contributed by atoms with Gasteiger partial charge in [-0.05, 0) is 36.4 Å². The van der Waals surface area contributed by atoms with Crippen molar-refractivity contribution in [3.05, 3.63) is 59.9 Å². The molecule has 4 aromatic rings. The molecule has 0 atom stereocenters. The lowest BCUT2D eigenvalue weighted by Gasteiger charge is -2.06. The summed E-state index contributed by atoms with van der Waals surface area (Å²) in [5.41, 5.74) is 1.72. The Hall–Kier alpha value is -2.44. The lowest BCUT2D eigenvalue weighted by molar-refractivity contribution is 0.413. The first-order valence-electron chi connectivity index (χ1n) is 7.24. The Morgan fingerprint density at radius 1 is 1.21 bits per heavy atom. The van der Waals surface area contributed by atoms with Crippen LogP contribution in [0, 0.1) is 0 Å². The average Bonchev–Trinajstić information content (AvgIpc) is 3.24. The summed E-state index contributed by atoms with van der Waals surface area (Å²) in [6.07, 6.45) is 3.55. The number of methoxy groups -OCH3 is 1. The molecule has 0 radical (unpaired) electrons. The first-order valence-corrected chi connectivity index (χ1v) is 8.43. The molecule has 5 nitrogen and oxygen atoms in total. The second-order valence-electron chi connectivity index (χ2n) is 5.09. The van der Waals surface area contributed by atoms with Crippen LogP contribution in [0.3, 0.4) is 0 Å². The molecule has 0 aliphatic rings. The largest absolute Gasteiger partial charge is 0.497 e. The van der Waals surface area contributed by atoms with Crippen LogP contribution in [0.1, 0.15) is 0 Å². The Kier molecular flexibility index (Phi) is 3.92. The van der Waals surface area contributed by atoms with Crippen LogP contribution in [0.2, 0.25) is 5.02 Å². The van der Waals surface area contributed by atoms with E-state index in [9.17, 15) is 0 Å². The van der Waals surface area contributed by atoms with E-state index in [4.69, 9.17) is 16.3 Å². The van der Waals surface area contributed by atoms with Gasteiger partial charge in [0.1, 0.15) is 5.75 Å². The summed E-state index contributed by atoms with van der Waals surface area (Å²) in [5.74, 6) is 1.48. The number of nitrogens with zero attached hydrogens (tertiary/aromatic N) is 3. The SMILES string of the molecule is COc1cccc(Sc2cc3nc(-n4cccn4)[nH]c3cc2Cl)c1. The number of hydrogen-bond acceptors (Lipinski definition) is 4. The summed E-state index contributed by atoms with van der Waals surface area (Å²) in [4.78, 5) is 9.80. The third-order valence-electron chi connectivity index (χ3n) is 3.51. The molecular weight excluding hydrogens is 344 g/mol. The maximum Gasteiger partial charge on any atom is 0.229 e. The third kappa shape index (κ3) is 2.86. The van der Waals surface area contributed by atoms with E-state index < -0.39 is 0 Å². The fourth-order valence-electron chi connectivity index (χ4n) is 2.37. The van der Waals surface area contributed by atoms with Crippen molar-refractivity contribution in [1.29, 1.82) is 0 Å². The monoisotopic (exact) mass is 356 g/mol. The minimum Gasteiger partial charge on any atom is -0.497 e. The van der Waals surface area contributed by atoms with Gasteiger partial charge in [0.2, 0.25) is 5.95 Å². The summed E-state index contributed by atoms with van der Waals surface area (Å²) in [6, 6.07) is 13.6. The van der Waals surface area contributed by atoms with Gasteiger partial charge in [-0.3, -0.25) is 0 Å². The number of halogens is 1. The van der Waals surface area contributed by atoms with Crippen molar-refractivity contribution >= 4 is 34.4 Å². The van der Waals surface area contributed by atoms with Crippen LogP contribution < -0.4 is 4.74 Å². The van der Waals surface area contributed by atoms with Gasteiger partial charge < -0.3 is 9.72 Å². The van der Waals surface area contributed by atoms with Crippen LogP contribution in [0.15, 0.2) is 64.6 Å². The molecule has 2 aromatic heterocycles. The molecule has 1 N–H and O–H groups in total. The van der Waals surface area contributed by atoms with Crippen molar-refractivity contribution in [2.45, 2.75) is 9.79 Å². The van der Waals surface area contributed by atoms with E-state index in [1.807, 2.05) is 48.7 Å². The lowest BCUT2D eigenvalue weighted by Crippen LogP contribution is -1.95. The van der Waals surface area contributed by atoms with Crippen molar-refractivity contribution in [3.63, 3.8) is 0 Å². The Morgan fingerprint density at radius 2 is 2.12 bits per heavy atom. The van der Waals surface area contributed by atoms with Crippen molar-refractivity contribution < 1.29 is 4.74 Å². The Labute approximate surface area is 147 Å². The minimum absolute atomic E-state index is 0.662. The zero-order valence-corrected chi connectivity index (χ0v) is 14.3. The minimum atomic E-state index is 0.662. The number of benzene rings is 2. The fraction of sp³-hybridized carbons (Fsp3) is 0.0588. The maximum atomic E-state index is 6.44. The van der Waals surface area contributed by atoms with Gasteiger partial charge >= 0.3 is 0 Å². The van der Waals surface area contributed by atoms with Gasteiger partial charge in [-0.1, -0.05) is 29.4 Å². The van der Waals surface area contributed by atoms with Crippen LogP contribution in [-0.4, -0.2) is 26.9 Å². The molecule has 7 heteroatoms.